The van der Waals surface area contributed by atoms with Gasteiger partial charge in [0, 0.05) is 25.8 Å². The second-order valence-electron chi connectivity index (χ2n) is 8.13. The van der Waals surface area contributed by atoms with Crippen molar-refractivity contribution in [2.75, 3.05) is 26.9 Å². The van der Waals surface area contributed by atoms with Crippen molar-refractivity contribution in [3.05, 3.63) is 81.3 Å². The van der Waals surface area contributed by atoms with Gasteiger partial charge in [-0.25, -0.2) is 0 Å². The van der Waals surface area contributed by atoms with Crippen molar-refractivity contribution < 1.29 is 27.5 Å². The van der Waals surface area contributed by atoms with Crippen LogP contribution in [0.3, 0.4) is 0 Å². The molecule has 3 N–H and O–H groups in total. The molecule has 3 aromatic rings. The number of amides is 2. The molecule has 0 spiro atoms. The first-order valence-electron chi connectivity index (χ1n) is 10.6. The molecule has 36 heavy (non-hydrogen) atoms. The minimum absolute atomic E-state index is 0.102. The number of hydrogen-bond donors (Lipinski definition) is 2. The van der Waals surface area contributed by atoms with Crippen LogP contribution in [0.1, 0.15) is 44.9 Å². The van der Waals surface area contributed by atoms with Crippen LogP contribution in [0.25, 0.3) is 5.69 Å². The molecule has 3 rings (SSSR count). The lowest BCUT2D eigenvalue weighted by molar-refractivity contribution is -0.137. The van der Waals surface area contributed by atoms with E-state index in [1.807, 2.05) is 0 Å². The SMILES string of the molecule is COc1ccc(-n2nc(C(=O)N[C@H](C)c3cc(N)cc(C(F)(F)F)c3)ccc2=O)cc1C(=O)N(C)C. The molecule has 0 unspecified atom stereocenters. The van der Waals surface area contributed by atoms with E-state index in [0.29, 0.717) is 0 Å². The number of halogens is 3. The lowest BCUT2D eigenvalue weighted by atomic mass is 10.0. The first-order valence-corrected chi connectivity index (χ1v) is 10.6. The Bertz CT molecular complexity index is 1370. The van der Waals surface area contributed by atoms with Crippen molar-refractivity contribution in [3.8, 4) is 11.4 Å². The molecule has 2 aromatic carbocycles. The summed E-state index contributed by atoms with van der Waals surface area (Å²) in [5.74, 6) is -0.816. The van der Waals surface area contributed by atoms with Crippen molar-refractivity contribution >= 4 is 17.5 Å². The molecular formula is C24H24F3N5O4. The normalized spacial score (nSPS) is 12.1. The highest BCUT2D eigenvalue weighted by atomic mass is 19.4. The number of alkyl halides is 3. The van der Waals surface area contributed by atoms with Gasteiger partial charge in [0.15, 0.2) is 0 Å². The molecule has 0 radical (unpaired) electrons. The highest BCUT2D eigenvalue weighted by Crippen LogP contribution is 2.32. The number of ether oxygens (including phenoxy) is 1. The Morgan fingerprint density at radius 2 is 1.81 bits per heavy atom. The minimum atomic E-state index is -4.60. The predicted octanol–water partition coefficient (Wildman–Crippen LogP) is 3.03. The van der Waals surface area contributed by atoms with Crippen LogP contribution in [-0.4, -0.2) is 47.7 Å². The number of methoxy groups -OCH3 is 1. The first-order chi connectivity index (χ1) is 16.8. The molecule has 190 valence electrons. The topological polar surface area (TPSA) is 120 Å². The van der Waals surface area contributed by atoms with E-state index in [9.17, 15) is 27.6 Å². The average molecular weight is 503 g/mol. The van der Waals surface area contributed by atoms with Crippen molar-refractivity contribution in [3.63, 3.8) is 0 Å². The third kappa shape index (κ3) is 5.65. The molecule has 2 amide bonds. The second-order valence-corrected chi connectivity index (χ2v) is 8.13. The van der Waals surface area contributed by atoms with Crippen molar-refractivity contribution in [2.24, 2.45) is 0 Å². The maximum atomic E-state index is 13.1. The predicted molar refractivity (Wildman–Crippen MR) is 126 cm³/mol. The summed E-state index contributed by atoms with van der Waals surface area (Å²) in [6.45, 7) is 1.49. The van der Waals surface area contributed by atoms with Crippen molar-refractivity contribution in [2.45, 2.75) is 19.1 Å². The van der Waals surface area contributed by atoms with Crippen LogP contribution in [-0.2, 0) is 6.18 Å². The summed E-state index contributed by atoms with van der Waals surface area (Å²) in [7, 11) is 4.52. The lowest BCUT2D eigenvalue weighted by Gasteiger charge is -2.17. The van der Waals surface area contributed by atoms with Gasteiger partial charge in [-0.05, 0) is 55.0 Å². The van der Waals surface area contributed by atoms with Crippen LogP contribution in [0, 0.1) is 0 Å². The van der Waals surface area contributed by atoms with Gasteiger partial charge < -0.3 is 20.7 Å². The number of nitrogens with zero attached hydrogens (tertiary/aromatic N) is 3. The van der Waals surface area contributed by atoms with Gasteiger partial charge in [0.1, 0.15) is 11.4 Å². The molecule has 0 aliphatic heterocycles. The molecular weight excluding hydrogens is 479 g/mol. The standard InChI is InChI=1S/C24H24F3N5O4/c1-13(14-9-15(24(25,26)27)11-16(28)10-14)29-22(34)19-6-8-21(33)32(30-19)17-5-7-20(36-4)18(12-17)23(35)31(2)3/h5-13H,28H2,1-4H3,(H,29,34)/t13-/m1/s1. The lowest BCUT2D eigenvalue weighted by Crippen LogP contribution is -2.31. The summed E-state index contributed by atoms with van der Waals surface area (Å²) in [5.41, 5.74) is 4.36. The highest BCUT2D eigenvalue weighted by molar-refractivity contribution is 5.97. The molecule has 0 aliphatic rings. The molecule has 0 saturated carbocycles. The number of hydrogen-bond acceptors (Lipinski definition) is 6. The van der Waals surface area contributed by atoms with Gasteiger partial charge in [0.2, 0.25) is 0 Å². The molecule has 9 nitrogen and oxygen atoms in total. The van der Waals surface area contributed by atoms with Gasteiger partial charge in [-0.3, -0.25) is 14.4 Å². The quantitative estimate of drug-likeness (QED) is 0.499. The number of aromatic nitrogens is 2. The van der Waals surface area contributed by atoms with Gasteiger partial charge in [0.25, 0.3) is 17.4 Å². The molecule has 1 atom stereocenters. The number of nitrogens with two attached hydrogens (primary N) is 1. The van der Waals surface area contributed by atoms with Gasteiger partial charge in [0.05, 0.1) is 30.0 Å². The highest BCUT2D eigenvalue weighted by Gasteiger charge is 2.31. The first kappa shape index (κ1) is 26.3. The molecule has 12 heteroatoms. The molecule has 0 fully saturated rings. The monoisotopic (exact) mass is 503 g/mol. The minimum Gasteiger partial charge on any atom is -0.496 e. The Labute approximate surface area is 204 Å². The second kappa shape index (κ2) is 10.1. The van der Waals surface area contributed by atoms with E-state index < -0.39 is 29.2 Å². The number of carbonyl (C=O) groups excluding carboxylic acids is 2. The van der Waals surface area contributed by atoms with Gasteiger partial charge in [-0.15, -0.1) is 0 Å². The van der Waals surface area contributed by atoms with E-state index in [1.54, 1.807) is 14.1 Å². The molecule has 0 aliphatic carbocycles. The van der Waals surface area contributed by atoms with Crippen molar-refractivity contribution in [1.29, 1.82) is 0 Å². The Hall–Kier alpha value is -4.35. The third-order valence-electron chi connectivity index (χ3n) is 5.25. The average Bonchev–Trinajstić information content (AvgIpc) is 2.82. The van der Waals surface area contributed by atoms with E-state index in [1.165, 1.54) is 49.3 Å². The summed E-state index contributed by atoms with van der Waals surface area (Å²) in [6.07, 6.45) is -4.60. The van der Waals surface area contributed by atoms with E-state index in [-0.39, 0.29) is 39.9 Å². The Kier molecular flexibility index (Phi) is 7.37. The smallest absolute Gasteiger partial charge is 0.416 e. The molecule has 1 aromatic heterocycles. The number of carbonyl (C=O) groups is 2. The van der Waals surface area contributed by atoms with Crippen LogP contribution in [0.15, 0.2) is 53.3 Å². The Morgan fingerprint density at radius 3 is 2.42 bits per heavy atom. The fraction of sp³-hybridized carbons (Fsp3) is 0.250. The van der Waals surface area contributed by atoms with Crippen molar-refractivity contribution in [1.82, 2.24) is 20.0 Å². The summed E-state index contributed by atoms with van der Waals surface area (Å²) in [5, 5.41) is 6.64. The molecule has 1 heterocycles. The van der Waals surface area contributed by atoms with Crippen LogP contribution < -0.4 is 21.3 Å². The number of nitrogens with one attached hydrogen (secondary N) is 1. The van der Waals surface area contributed by atoms with Gasteiger partial charge >= 0.3 is 6.18 Å². The zero-order valence-corrected chi connectivity index (χ0v) is 19.9. The third-order valence-corrected chi connectivity index (χ3v) is 5.25. The molecule has 0 bridgehead atoms. The van der Waals surface area contributed by atoms with Crippen LogP contribution in [0.4, 0.5) is 18.9 Å². The maximum Gasteiger partial charge on any atom is 0.416 e. The number of nitrogen functional groups attached to an aromatic ring is 1. The van der Waals surface area contributed by atoms with Crippen LogP contribution in [0.2, 0.25) is 0 Å². The number of rotatable bonds is 6. The fourth-order valence-corrected chi connectivity index (χ4v) is 3.40. The van der Waals surface area contributed by atoms with Crippen LogP contribution in [0.5, 0.6) is 5.75 Å². The number of benzene rings is 2. The zero-order chi connectivity index (χ0) is 26.8. The Balaban J connectivity index is 1.93. The zero-order valence-electron chi connectivity index (χ0n) is 19.9. The van der Waals surface area contributed by atoms with Gasteiger partial charge in [-0.2, -0.15) is 23.0 Å². The van der Waals surface area contributed by atoms with E-state index in [0.717, 1.165) is 22.9 Å². The summed E-state index contributed by atoms with van der Waals surface area (Å²) < 4.78 is 45.6. The summed E-state index contributed by atoms with van der Waals surface area (Å²) >= 11 is 0. The number of anilines is 1. The summed E-state index contributed by atoms with van der Waals surface area (Å²) in [4.78, 5) is 39.2. The van der Waals surface area contributed by atoms with E-state index in [2.05, 4.69) is 10.4 Å². The largest absolute Gasteiger partial charge is 0.496 e. The van der Waals surface area contributed by atoms with Crippen LogP contribution >= 0.6 is 0 Å². The maximum absolute atomic E-state index is 13.1. The Morgan fingerprint density at radius 1 is 1.11 bits per heavy atom. The van der Waals surface area contributed by atoms with Gasteiger partial charge in [-0.1, -0.05) is 0 Å². The fourth-order valence-electron chi connectivity index (χ4n) is 3.40. The van der Waals surface area contributed by atoms with E-state index in [4.69, 9.17) is 10.5 Å². The van der Waals surface area contributed by atoms with E-state index >= 15 is 0 Å². The molecule has 0 saturated heterocycles. The summed E-state index contributed by atoms with van der Waals surface area (Å²) in [6, 6.07) is 8.89.